The van der Waals surface area contributed by atoms with Gasteiger partial charge in [-0.2, -0.15) is 0 Å². The Labute approximate surface area is 201 Å². The third kappa shape index (κ3) is 4.55. The number of aromatic amines is 1. The molecule has 0 spiro atoms. The molecule has 2 fully saturated rings. The average molecular weight is 462 g/mol. The maximum atomic E-state index is 13.2. The van der Waals surface area contributed by atoms with Crippen LogP contribution in [-0.2, 0) is 4.74 Å². The Hall–Kier alpha value is -2.90. The molecule has 1 amide bonds. The third-order valence-electron chi connectivity index (χ3n) is 7.09. The zero-order valence-corrected chi connectivity index (χ0v) is 20.4. The van der Waals surface area contributed by atoms with Gasteiger partial charge in [-0.05, 0) is 56.9 Å². The Morgan fingerprint density at radius 2 is 1.82 bits per heavy atom. The lowest BCUT2D eigenvalue weighted by Gasteiger charge is -2.40. The van der Waals surface area contributed by atoms with Crippen molar-refractivity contribution in [1.29, 1.82) is 0 Å². The first-order valence-corrected chi connectivity index (χ1v) is 12.5. The van der Waals surface area contributed by atoms with Crippen LogP contribution in [0.15, 0.2) is 36.7 Å². The molecule has 5 rings (SSSR count). The minimum Gasteiger partial charge on any atom is -0.382 e. The standard InChI is InChI=1S/C27H35N5O2/c1-18(2)30-25-23(17-29-26-24(25)19(3)16-28-26)20-4-6-21(7-5-20)27(33)32-10-8-22(9-11-32)31-12-14-34-15-13-31/h4-7,16-18,22H,8-15H2,1-3H3,(H2,28,29,30). The fourth-order valence-electron chi connectivity index (χ4n) is 5.26. The molecule has 0 unspecified atom stereocenters. The molecule has 2 aromatic heterocycles. The monoisotopic (exact) mass is 461 g/mol. The molecule has 4 heterocycles. The first-order chi connectivity index (χ1) is 16.5. The minimum absolute atomic E-state index is 0.127. The normalized spacial score (nSPS) is 18.1. The van der Waals surface area contributed by atoms with E-state index in [4.69, 9.17) is 4.74 Å². The number of morpholine rings is 1. The number of nitrogens with one attached hydrogen (secondary N) is 2. The molecule has 2 aliphatic heterocycles. The summed E-state index contributed by atoms with van der Waals surface area (Å²) >= 11 is 0. The first kappa shape index (κ1) is 22.9. The van der Waals surface area contributed by atoms with Gasteiger partial charge in [0, 0.05) is 67.2 Å². The lowest BCUT2D eigenvalue weighted by atomic mass is 9.99. The highest BCUT2D eigenvalue weighted by Crippen LogP contribution is 2.36. The van der Waals surface area contributed by atoms with E-state index in [9.17, 15) is 4.79 Å². The number of carbonyl (C=O) groups is 1. The molecule has 2 saturated heterocycles. The van der Waals surface area contributed by atoms with E-state index in [2.05, 4.69) is 41.0 Å². The smallest absolute Gasteiger partial charge is 0.253 e. The predicted molar refractivity (Wildman–Crippen MR) is 136 cm³/mol. The molecule has 0 aliphatic carbocycles. The maximum Gasteiger partial charge on any atom is 0.253 e. The summed E-state index contributed by atoms with van der Waals surface area (Å²) in [5, 5.41) is 4.73. The van der Waals surface area contributed by atoms with Gasteiger partial charge in [0.25, 0.3) is 5.91 Å². The second-order valence-electron chi connectivity index (χ2n) is 9.79. The molecule has 0 bridgehead atoms. The van der Waals surface area contributed by atoms with E-state index in [0.29, 0.717) is 12.1 Å². The number of carbonyl (C=O) groups excluding carboxylic acids is 1. The molecule has 180 valence electrons. The van der Waals surface area contributed by atoms with Crippen LogP contribution in [0.3, 0.4) is 0 Å². The minimum atomic E-state index is 0.127. The second-order valence-corrected chi connectivity index (χ2v) is 9.79. The zero-order valence-electron chi connectivity index (χ0n) is 20.4. The molecule has 0 saturated carbocycles. The van der Waals surface area contributed by atoms with Crippen LogP contribution in [0.1, 0.15) is 42.6 Å². The largest absolute Gasteiger partial charge is 0.382 e. The summed E-state index contributed by atoms with van der Waals surface area (Å²) < 4.78 is 5.48. The van der Waals surface area contributed by atoms with Crippen molar-refractivity contribution in [2.45, 2.75) is 45.7 Å². The first-order valence-electron chi connectivity index (χ1n) is 12.5. The lowest BCUT2D eigenvalue weighted by Crippen LogP contribution is -2.50. The van der Waals surface area contributed by atoms with Gasteiger partial charge in [0.15, 0.2) is 0 Å². The third-order valence-corrected chi connectivity index (χ3v) is 7.09. The van der Waals surface area contributed by atoms with Gasteiger partial charge in [-0.3, -0.25) is 9.69 Å². The number of nitrogens with zero attached hydrogens (tertiary/aromatic N) is 3. The number of amides is 1. The number of anilines is 1. The van der Waals surface area contributed by atoms with Crippen LogP contribution in [-0.4, -0.2) is 77.2 Å². The molecule has 2 N–H and O–H groups in total. The molecular weight excluding hydrogens is 426 g/mol. The van der Waals surface area contributed by atoms with Gasteiger partial charge in [-0.25, -0.2) is 4.98 Å². The van der Waals surface area contributed by atoms with E-state index >= 15 is 0 Å². The van der Waals surface area contributed by atoms with Gasteiger partial charge in [0.1, 0.15) is 5.65 Å². The van der Waals surface area contributed by atoms with Gasteiger partial charge in [0.05, 0.1) is 18.9 Å². The van der Waals surface area contributed by atoms with E-state index in [1.54, 1.807) is 0 Å². The van der Waals surface area contributed by atoms with E-state index in [0.717, 1.165) is 85.6 Å². The molecule has 7 heteroatoms. The van der Waals surface area contributed by atoms with E-state index < -0.39 is 0 Å². The fourth-order valence-corrected chi connectivity index (χ4v) is 5.26. The van der Waals surface area contributed by atoms with E-state index in [1.165, 1.54) is 5.56 Å². The molecule has 1 aromatic carbocycles. The molecule has 7 nitrogen and oxygen atoms in total. The number of piperidine rings is 1. The Bertz CT molecular complexity index is 1140. The van der Waals surface area contributed by atoms with Crippen LogP contribution >= 0.6 is 0 Å². The van der Waals surface area contributed by atoms with Crippen molar-refractivity contribution >= 4 is 22.6 Å². The van der Waals surface area contributed by atoms with Crippen molar-refractivity contribution in [3.8, 4) is 11.1 Å². The summed E-state index contributed by atoms with van der Waals surface area (Å²) in [6.45, 7) is 11.7. The van der Waals surface area contributed by atoms with E-state index in [-0.39, 0.29) is 5.91 Å². The number of likely N-dealkylation sites (tertiary alicyclic amines) is 1. The number of hydrogen-bond acceptors (Lipinski definition) is 5. The Morgan fingerprint density at radius 3 is 2.50 bits per heavy atom. The lowest BCUT2D eigenvalue weighted by molar-refractivity contribution is 0.00159. The van der Waals surface area contributed by atoms with Crippen molar-refractivity contribution < 1.29 is 9.53 Å². The predicted octanol–water partition coefficient (Wildman–Crippen LogP) is 4.30. The van der Waals surface area contributed by atoms with Crippen LogP contribution in [0, 0.1) is 6.92 Å². The van der Waals surface area contributed by atoms with Crippen molar-refractivity contribution in [2.24, 2.45) is 0 Å². The van der Waals surface area contributed by atoms with E-state index in [1.807, 2.05) is 41.6 Å². The zero-order chi connectivity index (χ0) is 23.7. The van der Waals surface area contributed by atoms with Crippen molar-refractivity contribution in [2.75, 3.05) is 44.7 Å². The molecule has 2 aliphatic rings. The number of ether oxygens (including phenoxy) is 1. The molecule has 34 heavy (non-hydrogen) atoms. The summed E-state index contributed by atoms with van der Waals surface area (Å²) in [6.07, 6.45) is 5.98. The fraction of sp³-hybridized carbons (Fsp3) is 0.481. The number of aromatic nitrogens is 2. The highest BCUT2D eigenvalue weighted by Gasteiger charge is 2.28. The van der Waals surface area contributed by atoms with Crippen LogP contribution in [0.25, 0.3) is 22.2 Å². The van der Waals surface area contributed by atoms with Gasteiger partial charge < -0.3 is 19.9 Å². The Kier molecular flexibility index (Phi) is 6.57. The summed E-state index contributed by atoms with van der Waals surface area (Å²) in [4.78, 5) is 25.6. The highest BCUT2D eigenvalue weighted by atomic mass is 16.5. The van der Waals surface area contributed by atoms with Gasteiger partial charge >= 0.3 is 0 Å². The number of pyridine rings is 1. The highest BCUT2D eigenvalue weighted by molar-refractivity contribution is 6.01. The Balaban J connectivity index is 1.32. The number of benzene rings is 1. The Morgan fingerprint density at radius 1 is 1.12 bits per heavy atom. The van der Waals surface area contributed by atoms with Gasteiger partial charge in [-0.1, -0.05) is 12.1 Å². The molecule has 0 radical (unpaired) electrons. The maximum absolute atomic E-state index is 13.2. The number of rotatable bonds is 5. The quantitative estimate of drug-likeness (QED) is 0.593. The van der Waals surface area contributed by atoms with Crippen LogP contribution in [0.4, 0.5) is 5.69 Å². The topological polar surface area (TPSA) is 73.5 Å². The number of H-pyrrole nitrogens is 1. The second kappa shape index (κ2) is 9.76. The van der Waals surface area contributed by atoms with Crippen molar-refractivity contribution in [3.63, 3.8) is 0 Å². The summed E-state index contributed by atoms with van der Waals surface area (Å²) in [5.74, 6) is 0.127. The van der Waals surface area contributed by atoms with Crippen molar-refractivity contribution in [1.82, 2.24) is 19.8 Å². The number of hydrogen-bond donors (Lipinski definition) is 2. The van der Waals surface area contributed by atoms with Crippen LogP contribution in [0.2, 0.25) is 0 Å². The molecular formula is C27H35N5O2. The summed E-state index contributed by atoms with van der Waals surface area (Å²) in [6, 6.07) is 8.87. The number of aryl methyl sites for hydroxylation is 1. The van der Waals surface area contributed by atoms with Crippen LogP contribution in [0.5, 0.6) is 0 Å². The molecule has 0 atom stereocenters. The summed E-state index contributed by atoms with van der Waals surface area (Å²) in [7, 11) is 0. The van der Waals surface area contributed by atoms with Gasteiger partial charge in [-0.15, -0.1) is 0 Å². The van der Waals surface area contributed by atoms with Crippen molar-refractivity contribution in [3.05, 3.63) is 47.8 Å². The molecule has 3 aromatic rings. The van der Waals surface area contributed by atoms with Gasteiger partial charge in [0.2, 0.25) is 0 Å². The van der Waals surface area contributed by atoms with Crippen LogP contribution < -0.4 is 5.32 Å². The SMILES string of the molecule is Cc1c[nH]c2ncc(-c3ccc(C(=O)N4CCC(N5CCOCC5)CC4)cc3)c(NC(C)C)c12. The summed E-state index contributed by atoms with van der Waals surface area (Å²) in [5.41, 5.74) is 5.99. The number of fused-ring (bicyclic) bond motifs is 1. The average Bonchev–Trinajstić information content (AvgIpc) is 3.25.